The van der Waals surface area contributed by atoms with Crippen LogP contribution in [0.1, 0.15) is 117 Å². The molecule has 0 bridgehead atoms. The molecular weight excluding hydrogens is 636 g/mol. The largest absolute Gasteiger partial charge is 0.457 e. The molecule has 0 aliphatic carbocycles. The number of ether oxygens (including phenoxy) is 4. The fourth-order valence-corrected chi connectivity index (χ4v) is 5.12. The number of rotatable bonds is 30. The Morgan fingerprint density at radius 3 is 1.84 bits per heavy atom. The van der Waals surface area contributed by atoms with E-state index < -0.39 is 43.4 Å². The molecule has 1 aliphatic rings. The summed E-state index contributed by atoms with van der Waals surface area (Å²) in [5, 5.41) is 39.9. The lowest BCUT2D eigenvalue weighted by Crippen LogP contribution is -2.59. The van der Waals surface area contributed by atoms with E-state index in [2.05, 4.69) is 80.7 Å². The molecule has 1 saturated heterocycles. The zero-order valence-electron chi connectivity index (χ0n) is 30.9. The molecule has 9 heteroatoms. The van der Waals surface area contributed by atoms with Gasteiger partial charge in [-0.2, -0.15) is 0 Å². The number of hydrogen-bond donors (Lipinski definition) is 4. The number of aliphatic hydroxyl groups excluding tert-OH is 4. The molecule has 50 heavy (non-hydrogen) atoms. The van der Waals surface area contributed by atoms with Gasteiger partial charge < -0.3 is 39.4 Å². The molecule has 0 aromatic rings. The number of carbonyl (C=O) groups is 1. The van der Waals surface area contributed by atoms with E-state index >= 15 is 0 Å². The molecule has 1 fully saturated rings. The van der Waals surface area contributed by atoms with Gasteiger partial charge in [-0.05, 0) is 64.2 Å². The van der Waals surface area contributed by atoms with Gasteiger partial charge in [-0.1, -0.05) is 119 Å². The van der Waals surface area contributed by atoms with Gasteiger partial charge in [-0.15, -0.1) is 0 Å². The van der Waals surface area contributed by atoms with Gasteiger partial charge in [0.05, 0.1) is 26.4 Å². The minimum Gasteiger partial charge on any atom is -0.457 e. The first kappa shape index (κ1) is 45.7. The van der Waals surface area contributed by atoms with E-state index in [0.29, 0.717) is 13.0 Å². The van der Waals surface area contributed by atoms with Crippen molar-refractivity contribution in [1.82, 2.24) is 0 Å². The van der Waals surface area contributed by atoms with Gasteiger partial charge in [-0.25, -0.2) is 0 Å². The summed E-state index contributed by atoms with van der Waals surface area (Å²) in [6.45, 7) is 4.13. The van der Waals surface area contributed by atoms with Crippen LogP contribution in [0.5, 0.6) is 0 Å². The molecular formula is C41H68O9. The number of esters is 1. The minimum atomic E-state index is -1.55. The lowest BCUT2D eigenvalue weighted by Gasteiger charge is -2.39. The Morgan fingerprint density at radius 1 is 0.660 bits per heavy atom. The van der Waals surface area contributed by atoms with E-state index in [0.717, 1.165) is 77.0 Å². The summed E-state index contributed by atoms with van der Waals surface area (Å²) in [7, 11) is 0. The maximum absolute atomic E-state index is 12.7. The highest BCUT2D eigenvalue weighted by Crippen LogP contribution is 2.22. The molecule has 1 aliphatic heterocycles. The van der Waals surface area contributed by atoms with Crippen LogP contribution >= 0.6 is 0 Å². The third-order valence-corrected chi connectivity index (χ3v) is 8.13. The van der Waals surface area contributed by atoms with Crippen LogP contribution in [0.3, 0.4) is 0 Å². The van der Waals surface area contributed by atoms with Crippen molar-refractivity contribution in [2.45, 2.75) is 153 Å². The van der Waals surface area contributed by atoms with Gasteiger partial charge in [-0.3, -0.25) is 4.79 Å². The smallest absolute Gasteiger partial charge is 0.306 e. The average molecular weight is 705 g/mol. The van der Waals surface area contributed by atoms with Gasteiger partial charge in [0.25, 0.3) is 0 Å². The second kappa shape index (κ2) is 32.5. The van der Waals surface area contributed by atoms with E-state index in [-0.39, 0.29) is 25.6 Å². The summed E-state index contributed by atoms with van der Waals surface area (Å²) < 4.78 is 22.5. The molecule has 1 heterocycles. The van der Waals surface area contributed by atoms with Crippen molar-refractivity contribution in [2.24, 2.45) is 0 Å². The molecule has 4 N–H and O–H groups in total. The van der Waals surface area contributed by atoms with Gasteiger partial charge in [0.1, 0.15) is 30.5 Å². The predicted octanol–water partition coefficient (Wildman–Crippen LogP) is 7.35. The van der Waals surface area contributed by atoms with Gasteiger partial charge >= 0.3 is 5.97 Å². The van der Waals surface area contributed by atoms with Crippen LogP contribution in [0.15, 0.2) is 72.9 Å². The summed E-state index contributed by atoms with van der Waals surface area (Å²) in [6, 6.07) is 0. The molecule has 286 valence electrons. The van der Waals surface area contributed by atoms with Crippen molar-refractivity contribution in [1.29, 1.82) is 0 Å². The zero-order valence-corrected chi connectivity index (χ0v) is 30.9. The van der Waals surface area contributed by atoms with Gasteiger partial charge in [0, 0.05) is 6.42 Å². The summed E-state index contributed by atoms with van der Waals surface area (Å²) in [5.74, 6) is -0.354. The van der Waals surface area contributed by atoms with Crippen LogP contribution in [0.2, 0.25) is 0 Å². The van der Waals surface area contributed by atoms with E-state index in [4.69, 9.17) is 18.9 Å². The topological polar surface area (TPSA) is 135 Å². The van der Waals surface area contributed by atoms with Crippen molar-refractivity contribution >= 4 is 5.97 Å². The number of aliphatic hydroxyl groups is 4. The van der Waals surface area contributed by atoms with Crippen molar-refractivity contribution < 1.29 is 44.2 Å². The summed E-state index contributed by atoms with van der Waals surface area (Å²) >= 11 is 0. The van der Waals surface area contributed by atoms with Crippen molar-refractivity contribution in [2.75, 3.05) is 26.4 Å². The Hall–Kier alpha value is -2.37. The Labute approximate surface area is 302 Å². The standard InChI is InChI=1S/C41H68O9/c1-3-5-7-9-11-13-15-16-17-18-19-21-23-25-27-29-31-47-33-35(34-48-41-40(46)39(45)38(44)36(32-42)50-41)49-37(43)30-28-26-24-22-20-14-12-10-8-6-4-2/h5,7,10-13,16-17,19,21,25,27,35-36,38-42,44-46H,3-4,6,8-9,14-15,18,20,22-24,26,28-34H2,1-2H3/b7-5-,12-10-,13-11-,17-16-,21-19-,27-25-. The monoisotopic (exact) mass is 704 g/mol. The fourth-order valence-electron chi connectivity index (χ4n) is 5.12. The first-order valence-corrected chi connectivity index (χ1v) is 19.0. The van der Waals surface area contributed by atoms with Crippen LogP contribution in [-0.2, 0) is 23.7 Å². The third kappa shape index (κ3) is 23.9. The van der Waals surface area contributed by atoms with Crippen molar-refractivity contribution in [3.8, 4) is 0 Å². The van der Waals surface area contributed by atoms with Crippen LogP contribution < -0.4 is 0 Å². The van der Waals surface area contributed by atoms with Crippen LogP contribution in [0.25, 0.3) is 0 Å². The normalized spacial score (nSPS) is 22.4. The molecule has 0 saturated carbocycles. The number of unbranched alkanes of at least 4 members (excludes halogenated alkanes) is 7. The van der Waals surface area contributed by atoms with Crippen molar-refractivity contribution in [3.63, 3.8) is 0 Å². The lowest BCUT2D eigenvalue weighted by atomic mass is 9.99. The van der Waals surface area contributed by atoms with Crippen LogP contribution in [0.4, 0.5) is 0 Å². The highest BCUT2D eigenvalue weighted by Gasteiger charge is 2.44. The Kier molecular flexibility index (Phi) is 29.7. The summed E-state index contributed by atoms with van der Waals surface area (Å²) in [4.78, 5) is 12.7. The highest BCUT2D eigenvalue weighted by molar-refractivity contribution is 5.69. The Morgan fingerprint density at radius 2 is 1.22 bits per heavy atom. The number of hydrogen-bond acceptors (Lipinski definition) is 9. The lowest BCUT2D eigenvalue weighted by molar-refractivity contribution is -0.305. The zero-order chi connectivity index (χ0) is 36.5. The molecule has 0 spiro atoms. The first-order valence-electron chi connectivity index (χ1n) is 19.0. The fraction of sp³-hybridized carbons (Fsp3) is 0.683. The molecule has 1 rings (SSSR count). The van der Waals surface area contributed by atoms with Crippen LogP contribution in [0, 0.1) is 0 Å². The maximum Gasteiger partial charge on any atom is 0.306 e. The van der Waals surface area contributed by atoms with Gasteiger partial charge in [0.2, 0.25) is 0 Å². The average Bonchev–Trinajstić information content (AvgIpc) is 3.11. The molecule has 9 nitrogen and oxygen atoms in total. The van der Waals surface area contributed by atoms with E-state index in [9.17, 15) is 25.2 Å². The SMILES string of the molecule is CC/C=C\C/C=C\C/C=C\C/C=C\C/C=C\CCOCC(COC1OC(CO)C(O)C(O)C1O)OC(=O)CCCCCCC/C=C\CCCC. The molecule has 0 aromatic heterocycles. The molecule has 0 amide bonds. The molecule has 6 unspecified atom stereocenters. The van der Waals surface area contributed by atoms with Crippen LogP contribution in [-0.4, -0.2) is 89.6 Å². The number of allylic oxidation sites excluding steroid dienone is 11. The Balaban J connectivity index is 2.41. The van der Waals surface area contributed by atoms with E-state index in [1.807, 2.05) is 6.08 Å². The third-order valence-electron chi connectivity index (χ3n) is 8.13. The summed E-state index contributed by atoms with van der Waals surface area (Å²) in [6.07, 6.45) is 33.8. The van der Waals surface area contributed by atoms with E-state index in [1.165, 1.54) is 12.8 Å². The highest BCUT2D eigenvalue weighted by atomic mass is 16.7. The second-order valence-corrected chi connectivity index (χ2v) is 12.6. The molecule has 0 radical (unpaired) electrons. The second-order valence-electron chi connectivity index (χ2n) is 12.6. The first-order chi connectivity index (χ1) is 24.4. The molecule has 6 atom stereocenters. The maximum atomic E-state index is 12.7. The quantitative estimate of drug-likeness (QED) is 0.0344. The predicted molar refractivity (Wildman–Crippen MR) is 200 cm³/mol. The minimum absolute atomic E-state index is 0.0830. The Bertz CT molecular complexity index is 985. The summed E-state index contributed by atoms with van der Waals surface area (Å²) in [5.41, 5.74) is 0. The van der Waals surface area contributed by atoms with Gasteiger partial charge in [0.15, 0.2) is 6.29 Å². The van der Waals surface area contributed by atoms with Crippen molar-refractivity contribution in [3.05, 3.63) is 72.9 Å². The molecule has 0 aromatic carbocycles. The number of carbonyl (C=O) groups excluding carboxylic acids is 1. The van der Waals surface area contributed by atoms with E-state index in [1.54, 1.807) is 0 Å².